The topological polar surface area (TPSA) is 142 Å². The van der Waals surface area contributed by atoms with Crippen molar-refractivity contribution in [3.05, 3.63) is 45.5 Å². The number of anilines is 1. The van der Waals surface area contributed by atoms with E-state index in [1.54, 1.807) is 4.90 Å². The van der Waals surface area contributed by atoms with E-state index in [-0.39, 0.29) is 63.1 Å². The van der Waals surface area contributed by atoms with Crippen LogP contribution < -0.4 is 10.0 Å². The monoisotopic (exact) mass is 614 g/mol. The van der Waals surface area contributed by atoms with Gasteiger partial charge in [-0.25, -0.2) is 17.5 Å². The lowest BCUT2D eigenvalue weighted by atomic mass is 9.73. The summed E-state index contributed by atoms with van der Waals surface area (Å²) in [5.74, 6) is -3.38. The van der Waals surface area contributed by atoms with E-state index in [0.29, 0.717) is 5.56 Å². The summed E-state index contributed by atoms with van der Waals surface area (Å²) in [7, 11) is -7.93. The van der Waals surface area contributed by atoms with Crippen molar-refractivity contribution in [3.63, 3.8) is 0 Å². The zero-order chi connectivity index (χ0) is 27.9. The fourth-order valence-electron chi connectivity index (χ4n) is 6.53. The fraction of sp³-hybridized carbons (Fsp3) is 0.458. The van der Waals surface area contributed by atoms with Crippen molar-refractivity contribution in [2.45, 2.75) is 43.3 Å². The largest absolute Gasteiger partial charge is 0.333 e. The van der Waals surface area contributed by atoms with Gasteiger partial charge in [0.15, 0.2) is 11.7 Å². The molecule has 1 aromatic carbocycles. The molecule has 3 fully saturated rings. The van der Waals surface area contributed by atoms with Crippen molar-refractivity contribution in [2.24, 2.45) is 28.1 Å². The third-order valence-corrected chi connectivity index (χ3v) is 11.6. The second kappa shape index (κ2) is 9.33. The van der Waals surface area contributed by atoms with Crippen LogP contribution in [-0.2, 0) is 42.7 Å². The first kappa shape index (κ1) is 26.8. The first-order valence-corrected chi connectivity index (χ1v) is 16.9. The number of thiophene rings is 1. The SMILES string of the molecule is CS(=O)(=O)NCc1csc2c1S(=O)(=O)N=C(C1C(=O)C3C([C@@H]4CC[C@H]3C4)N(Cc3ccc(F)cc3Cl)C1=O)N2. The number of rotatable bonds is 6. The minimum absolute atomic E-state index is 0.0533. The molecule has 2 N–H and O–H groups in total. The molecule has 0 spiro atoms. The normalized spacial score (nSPS) is 29.2. The number of nitrogens with one attached hydrogen (secondary N) is 2. The number of piperidine rings is 1. The molecule has 3 unspecified atom stereocenters. The third-order valence-electron chi connectivity index (χ3n) is 8.06. The molecular formula is C24H24ClFN4O6S3. The Morgan fingerprint density at radius 2 is 1.97 bits per heavy atom. The summed E-state index contributed by atoms with van der Waals surface area (Å²) < 4.78 is 69.4. The van der Waals surface area contributed by atoms with Crippen LogP contribution in [0.1, 0.15) is 30.4 Å². The maximum atomic E-state index is 14.0. The Morgan fingerprint density at radius 3 is 2.69 bits per heavy atom. The van der Waals surface area contributed by atoms with E-state index in [2.05, 4.69) is 14.4 Å². The number of sulfonamides is 2. The van der Waals surface area contributed by atoms with Gasteiger partial charge in [-0.15, -0.1) is 15.7 Å². The number of likely N-dealkylation sites (tertiary alicyclic amines) is 1. The molecule has 2 aromatic rings. The lowest BCUT2D eigenvalue weighted by Gasteiger charge is -2.45. The number of carbonyl (C=O) groups excluding carboxylic acids is 2. The molecule has 2 saturated carbocycles. The van der Waals surface area contributed by atoms with Crippen LogP contribution in [0.4, 0.5) is 9.39 Å². The number of fused-ring (bicyclic) bond motifs is 6. The van der Waals surface area contributed by atoms with Gasteiger partial charge < -0.3 is 10.2 Å². The zero-order valence-corrected chi connectivity index (χ0v) is 23.8. The molecule has 5 atom stereocenters. The van der Waals surface area contributed by atoms with E-state index in [1.807, 2.05) is 0 Å². The number of nitrogens with zero attached hydrogens (tertiary/aromatic N) is 2. The number of Topliss-reactive ketones (excluding diaryl/α,β-unsaturated/α-hetero) is 1. The predicted molar refractivity (Wildman–Crippen MR) is 143 cm³/mol. The number of hydrogen-bond donors (Lipinski definition) is 2. The number of hydrogen-bond acceptors (Lipinski definition) is 8. The number of halogens is 2. The number of amidine groups is 1. The molecule has 15 heteroatoms. The molecule has 10 nitrogen and oxygen atoms in total. The molecule has 4 aliphatic rings. The van der Waals surface area contributed by atoms with Crippen molar-refractivity contribution in [2.75, 3.05) is 11.6 Å². The van der Waals surface area contributed by atoms with E-state index in [0.717, 1.165) is 36.9 Å². The summed E-state index contributed by atoms with van der Waals surface area (Å²) >= 11 is 7.30. The molecule has 1 aromatic heterocycles. The van der Waals surface area contributed by atoms with Gasteiger partial charge in [0.05, 0.1) is 6.26 Å². The van der Waals surface area contributed by atoms with Crippen LogP contribution in [0.25, 0.3) is 0 Å². The molecule has 1 saturated heterocycles. The highest BCUT2D eigenvalue weighted by molar-refractivity contribution is 7.91. The van der Waals surface area contributed by atoms with Crippen LogP contribution in [0.2, 0.25) is 5.02 Å². The van der Waals surface area contributed by atoms with Crippen molar-refractivity contribution >= 4 is 65.5 Å². The maximum Gasteiger partial charge on any atom is 0.287 e. The van der Waals surface area contributed by atoms with Gasteiger partial charge in [-0.05, 0) is 54.2 Å². The quantitative estimate of drug-likeness (QED) is 0.477. The summed E-state index contributed by atoms with van der Waals surface area (Å²) in [5, 5.41) is 4.71. The van der Waals surface area contributed by atoms with E-state index in [9.17, 15) is 30.8 Å². The van der Waals surface area contributed by atoms with Gasteiger partial charge in [-0.2, -0.15) is 8.42 Å². The minimum Gasteiger partial charge on any atom is -0.333 e. The maximum absolute atomic E-state index is 14.0. The molecule has 3 heterocycles. The number of benzene rings is 1. The summed E-state index contributed by atoms with van der Waals surface area (Å²) in [4.78, 5) is 29.2. The number of carbonyl (C=O) groups is 2. The highest BCUT2D eigenvalue weighted by Gasteiger charge is 2.61. The van der Waals surface area contributed by atoms with Crippen LogP contribution in [0.3, 0.4) is 0 Å². The molecule has 39 heavy (non-hydrogen) atoms. The predicted octanol–water partition coefficient (Wildman–Crippen LogP) is 2.74. The van der Waals surface area contributed by atoms with Crippen LogP contribution in [-0.4, -0.2) is 51.6 Å². The van der Waals surface area contributed by atoms with Crippen molar-refractivity contribution in [3.8, 4) is 0 Å². The third kappa shape index (κ3) is 4.59. The number of ketones is 1. The van der Waals surface area contributed by atoms with Crippen molar-refractivity contribution in [1.82, 2.24) is 9.62 Å². The van der Waals surface area contributed by atoms with Gasteiger partial charge in [0, 0.05) is 35.6 Å². The van der Waals surface area contributed by atoms with Crippen molar-refractivity contribution < 1.29 is 30.8 Å². The Balaban J connectivity index is 1.37. The van der Waals surface area contributed by atoms with Crippen molar-refractivity contribution in [1.29, 1.82) is 0 Å². The van der Waals surface area contributed by atoms with Gasteiger partial charge in [0.25, 0.3) is 10.0 Å². The highest BCUT2D eigenvalue weighted by Crippen LogP contribution is 2.54. The van der Waals surface area contributed by atoms with Gasteiger partial charge in [-0.3, -0.25) is 9.59 Å². The molecule has 2 aliphatic carbocycles. The lowest BCUT2D eigenvalue weighted by Crippen LogP contribution is -2.61. The fourth-order valence-corrected chi connectivity index (χ4v) is 9.82. The first-order valence-electron chi connectivity index (χ1n) is 12.3. The molecule has 1 amide bonds. The van der Waals surface area contributed by atoms with Gasteiger partial charge in [0.1, 0.15) is 21.5 Å². The molecule has 6 rings (SSSR count). The smallest absolute Gasteiger partial charge is 0.287 e. The second-order valence-corrected chi connectivity index (χ2v) is 15.1. The Bertz CT molecular complexity index is 1660. The van der Waals surface area contributed by atoms with Gasteiger partial charge >= 0.3 is 0 Å². The van der Waals surface area contributed by atoms with Crippen LogP contribution in [0.15, 0.2) is 32.9 Å². The molecule has 0 radical (unpaired) electrons. The van der Waals surface area contributed by atoms with E-state index in [4.69, 9.17) is 11.6 Å². The van der Waals surface area contributed by atoms with E-state index >= 15 is 0 Å². The Hall–Kier alpha value is -2.39. The first-order chi connectivity index (χ1) is 18.3. The average molecular weight is 615 g/mol. The van der Waals surface area contributed by atoms with Crippen LogP contribution in [0.5, 0.6) is 0 Å². The zero-order valence-electron chi connectivity index (χ0n) is 20.6. The summed E-state index contributed by atoms with van der Waals surface area (Å²) in [6, 6.07) is 3.58. The van der Waals surface area contributed by atoms with Gasteiger partial charge in [-0.1, -0.05) is 17.7 Å². The summed E-state index contributed by atoms with van der Waals surface area (Å²) in [5.41, 5.74) is 0.730. The standard InChI is InChI=1S/C24H24ClFN4O6S3/c1-38(33,34)27-8-14-10-37-23-21(14)39(35,36)29-22(28-23)18-20(31)17-11-2-3-12(6-11)19(17)30(24(18)32)9-13-4-5-15(26)7-16(13)25/h4-5,7,10-12,17-19,27H,2-3,6,8-9H2,1H3,(H,28,29)/t11-,12+,17?,18?,19?/m0/s1. The summed E-state index contributed by atoms with van der Waals surface area (Å²) in [6.45, 7) is -0.200. The Labute approximate surface area is 233 Å². The van der Waals surface area contributed by atoms with E-state index in [1.165, 1.54) is 23.6 Å². The van der Waals surface area contributed by atoms with Crippen LogP contribution >= 0.6 is 22.9 Å². The molecular weight excluding hydrogens is 591 g/mol. The second-order valence-electron chi connectivity index (χ2n) is 10.5. The molecule has 2 bridgehead atoms. The summed E-state index contributed by atoms with van der Waals surface area (Å²) in [6.07, 6.45) is 3.51. The molecule has 2 aliphatic heterocycles. The van der Waals surface area contributed by atoms with E-state index < -0.39 is 43.6 Å². The minimum atomic E-state index is -4.35. The molecule has 208 valence electrons. The number of amides is 1. The average Bonchev–Trinajstić information content (AvgIpc) is 3.56. The van der Waals surface area contributed by atoms with Gasteiger partial charge in [0.2, 0.25) is 15.9 Å². The lowest BCUT2D eigenvalue weighted by molar-refractivity contribution is -0.153. The highest BCUT2D eigenvalue weighted by atomic mass is 35.5. The van der Waals surface area contributed by atoms with Crippen LogP contribution in [0, 0.1) is 29.5 Å². The Kier molecular flexibility index (Phi) is 6.42. The Morgan fingerprint density at radius 1 is 1.23 bits per heavy atom.